The van der Waals surface area contributed by atoms with Crippen LogP contribution in [-0.2, 0) is 11.3 Å². The van der Waals surface area contributed by atoms with E-state index in [0.717, 1.165) is 27.8 Å². The highest BCUT2D eigenvalue weighted by atomic mass is 79.9. The van der Waals surface area contributed by atoms with Gasteiger partial charge in [-0.1, -0.05) is 32.0 Å². The number of aromatic nitrogens is 4. The fraction of sp³-hybridized carbons (Fsp3) is 0.308. The van der Waals surface area contributed by atoms with Crippen LogP contribution in [0.2, 0.25) is 0 Å². The van der Waals surface area contributed by atoms with Gasteiger partial charge in [-0.25, -0.2) is 9.50 Å². The molecule has 3 atom stereocenters. The molecule has 8 nitrogen and oxygen atoms in total. The fourth-order valence-electron chi connectivity index (χ4n) is 4.98. The molecule has 3 aromatic heterocycles. The smallest absolute Gasteiger partial charge is 0.256 e. The predicted molar refractivity (Wildman–Crippen MR) is 134 cm³/mol. The van der Waals surface area contributed by atoms with E-state index in [1.54, 1.807) is 27.5 Å². The van der Waals surface area contributed by atoms with Crippen molar-refractivity contribution in [1.82, 2.24) is 24.1 Å². The average Bonchev–Trinajstić information content (AvgIpc) is 3.55. The van der Waals surface area contributed by atoms with E-state index in [-0.39, 0.29) is 29.8 Å². The molecule has 1 fully saturated rings. The number of carbonyl (C=O) groups excluding carboxylic acids is 1. The first-order valence-electron chi connectivity index (χ1n) is 11.7. The maximum Gasteiger partial charge on any atom is 0.256 e. The molecule has 178 valence electrons. The van der Waals surface area contributed by atoms with Crippen molar-refractivity contribution >= 4 is 27.5 Å². The van der Waals surface area contributed by atoms with Crippen LogP contribution in [0.4, 0.5) is 0 Å². The number of hydrogen-bond donors (Lipinski definition) is 0. The Labute approximate surface area is 210 Å². The predicted octanol–water partition coefficient (Wildman–Crippen LogP) is 4.29. The van der Waals surface area contributed by atoms with Crippen LogP contribution < -0.4 is 5.56 Å². The van der Waals surface area contributed by atoms with Crippen LogP contribution in [0, 0.1) is 5.92 Å². The Morgan fingerprint density at radius 3 is 2.74 bits per heavy atom. The van der Waals surface area contributed by atoms with E-state index in [2.05, 4.69) is 39.9 Å². The minimum Gasteiger partial charge on any atom is -0.342 e. The zero-order chi connectivity index (χ0) is 24.3. The summed E-state index contributed by atoms with van der Waals surface area (Å²) in [6.07, 6.45) is 3.89. The number of imidazole rings is 1. The van der Waals surface area contributed by atoms with Crippen LogP contribution in [-0.4, -0.2) is 42.2 Å². The minimum atomic E-state index is -0.263. The summed E-state index contributed by atoms with van der Waals surface area (Å²) in [7, 11) is 0. The van der Waals surface area contributed by atoms with Crippen LogP contribution in [0.1, 0.15) is 42.3 Å². The van der Waals surface area contributed by atoms with Crippen molar-refractivity contribution in [2.45, 2.75) is 45.2 Å². The number of carbonyl (C=O) groups is 1. The standard InChI is InChI=1S/C26H24BrN5O3/c1-15(2)11-17(31-25(34)19-6-4-3-5-18(19)24-26(31)35-24)14-30-10-9-16(12-23(30)33)20-7-8-22-28-13-21(27)32(22)29-20/h3-10,12-13,15,17,24,26H,11,14H2,1-2H3/t17-,24?,26?/m0/s1. The molecule has 1 aromatic carbocycles. The largest absolute Gasteiger partial charge is 0.342 e. The van der Waals surface area contributed by atoms with Gasteiger partial charge >= 0.3 is 0 Å². The van der Waals surface area contributed by atoms with Crippen molar-refractivity contribution < 1.29 is 9.53 Å². The molecule has 0 saturated carbocycles. The highest BCUT2D eigenvalue weighted by molar-refractivity contribution is 9.10. The van der Waals surface area contributed by atoms with Crippen LogP contribution in [0.15, 0.2) is 70.3 Å². The first-order chi connectivity index (χ1) is 16.9. The number of nitrogens with zero attached hydrogens (tertiary/aromatic N) is 5. The van der Waals surface area contributed by atoms with Crippen LogP contribution in [0.3, 0.4) is 0 Å². The summed E-state index contributed by atoms with van der Waals surface area (Å²) < 4.78 is 10.0. The second-order valence-corrected chi connectivity index (χ2v) is 10.3. The Morgan fingerprint density at radius 1 is 1.11 bits per heavy atom. The van der Waals surface area contributed by atoms with E-state index in [1.165, 1.54) is 0 Å². The normalized spacial score (nSPS) is 19.7. The van der Waals surface area contributed by atoms with E-state index in [4.69, 9.17) is 4.74 Å². The van der Waals surface area contributed by atoms with Crippen molar-refractivity contribution in [2.24, 2.45) is 5.92 Å². The SMILES string of the molecule is CC(C)C[C@@H](Cn1ccc(-c2ccc3ncc(Br)n3n2)cc1=O)N1C(=O)c2ccccc2C2OC21. The van der Waals surface area contributed by atoms with E-state index < -0.39 is 0 Å². The highest BCUT2D eigenvalue weighted by Gasteiger charge is 2.54. The molecule has 0 N–H and O–H groups in total. The van der Waals surface area contributed by atoms with Gasteiger partial charge in [-0.2, -0.15) is 5.10 Å². The zero-order valence-corrected chi connectivity index (χ0v) is 20.9. The third kappa shape index (κ3) is 3.88. The van der Waals surface area contributed by atoms with Crippen molar-refractivity contribution in [3.63, 3.8) is 0 Å². The lowest BCUT2D eigenvalue weighted by Gasteiger charge is -2.34. The summed E-state index contributed by atoms with van der Waals surface area (Å²) in [5, 5.41) is 4.59. The van der Waals surface area contributed by atoms with Crippen molar-refractivity contribution in [1.29, 1.82) is 0 Å². The van der Waals surface area contributed by atoms with Gasteiger partial charge in [0.05, 0.1) is 17.9 Å². The number of pyridine rings is 1. The number of hydrogen-bond acceptors (Lipinski definition) is 5. The molecule has 6 rings (SSSR count). The van der Waals surface area contributed by atoms with Gasteiger partial charge in [-0.3, -0.25) is 9.59 Å². The van der Waals surface area contributed by atoms with E-state index in [9.17, 15) is 9.59 Å². The van der Waals surface area contributed by atoms with Gasteiger partial charge in [0.25, 0.3) is 11.5 Å². The lowest BCUT2D eigenvalue weighted by atomic mass is 9.95. The van der Waals surface area contributed by atoms with Gasteiger partial charge in [-0.05, 0) is 58.1 Å². The quantitative estimate of drug-likeness (QED) is 0.345. The van der Waals surface area contributed by atoms with Gasteiger partial charge in [0.2, 0.25) is 0 Å². The first kappa shape index (κ1) is 22.2. The third-order valence-electron chi connectivity index (χ3n) is 6.63. The molecule has 5 heterocycles. The Kier molecular flexibility index (Phi) is 5.34. The summed E-state index contributed by atoms with van der Waals surface area (Å²) in [5.74, 6) is 0.319. The Hall–Kier alpha value is -3.30. The molecule has 1 saturated heterocycles. The number of rotatable bonds is 6. The number of ether oxygens (including phenoxy) is 1. The maximum absolute atomic E-state index is 13.4. The first-order valence-corrected chi connectivity index (χ1v) is 12.5. The summed E-state index contributed by atoms with van der Waals surface area (Å²) >= 11 is 3.44. The molecule has 9 heteroatoms. The Bertz CT molecular complexity index is 1510. The zero-order valence-electron chi connectivity index (χ0n) is 19.3. The molecule has 2 aliphatic heterocycles. The molecule has 2 aliphatic rings. The number of epoxide rings is 1. The van der Waals surface area contributed by atoms with Gasteiger partial charge in [0.15, 0.2) is 11.9 Å². The van der Waals surface area contributed by atoms with Gasteiger partial charge in [0, 0.05) is 29.9 Å². The van der Waals surface area contributed by atoms with Crippen LogP contribution in [0.5, 0.6) is 0 Å². The number of fused-ring (bicyclic) bond motifs is 4. The van der Waals surface area contributed by atoms with Crippen LogP contribution >= 0.6 is 15.9 Å². The lowest BCUT2D eigenvalue weighted by Crippen LogP contribution is -2.48. The number of amides is 1. The second-order valence-electron chi connectivity index (χ2n) is 9.51. The van der Waals surface area contributed by atoms with Gasteiger partial charge in [0.1, 0.15) is 10.7 Å². The third-order valence-corrected chi connectivity index (χ3v) is 7.17. The molecule has 0 aliphatic carbocycles. The highest BCUT2D eigenvalue weighted by Crippen LogP contribution is 2.48. The molecular weight excluding hydrogens is 510 g/mol. The lowest BCUT2D eigenvalue weighted by molar-refractivity contribution is 0.0495. The molecule has 2 unspecified atom stereocenters. The molecule has 35 heavy (non-hydrogen) atoms. The molecule has 0 bridgehead atoms. The number of halogens is 1. The van der Waals surface area contributed by atoms with E-state index in [1.807, 2.05) is 47.4 Å². The van der Waals surface area contributed by atoms with Crippen molar-refractivity contribution in [2.75, 3.05) is 0 Å². The molecular formula is C26H24BrN5O3. The monoisotopic (exact) mass is 533 g/mol. The average molecular weight is 534 g/mol. The van der Waals surface area contributed by atoms with Gasteiger partial charge in [-0.15, -0.1) is 0 Å². The van der Waals surface area contributed by atoms with E-state index in [0.29, 0.717) is 23.7 Å². The summed E-state index contributed by atoms with van der Waals surface area (Å²) in [6, 6.07) is 14.7. The maximum atomic E-state index is 13.4. The van der Waals surface area contributed by atoms with Crippen molar-refractivity contribution in [3.8, 4) is 11.3 Å². The summed E-state index contributed by atoms with van der Waals surface area (Å²) in [5.41, 5.74) is 3.63. The Balaban J connectivity index is 1.30. The Morgan fingerprint density at radius 2 is 1.94 bits per heavy atom. The van der Waals surface area contributed by atoms with E-state index >= 15 is 0 Å². The fourth-order valence-corrected chi connectivity index (χ4v) is 5.34. The van der Waals surface area contributed by atoms with Crippen molar-refractivity contribution in [3.05, 3.63) is 87.0 Å². The van der Waals surface area contributed by atoms with Crippen LogP contribution in [0.25, 0.3) is 16.9 Å². The minimum absolute atomic E-state index is 0.0296. The summed E-state index contributed by atoms with van der Waals surface area (Å²) in [4.78, 5) is 32.7. The molecule has 0 radical (unpaired) electrons. The number of benzene rings is 1. The molecule has 4 aromatic rings. The summed E-state index contributed by atoms with van der Waals surface area (Å²) in [6.45, 7) is 4.66. The second kappa shape index (κ2) is 8.42. The topological polar surface area (TPSA) is 85.0 Å². The van der Waals surface area contributed by atoms with Gasteiger partial charge < -0.3 is 14.2 Å². The molecule has 0 spiro atoms. The molecule has 1 amide bonds.